The van der Waals surface area contributed by atoms with Crippen LogP contribution in [-0.2, 0) is 4.74 Å². The summed E-state index contributed by atoms with van der Waals surface area (Å²) in [6.45, 7) is 5.20. The molecule has 1 aromatic heterocycles. The lowest BCUT2D eigenvalue weighted by Crippen LogP contribution is -2.28. The van der Waals surface area contributed by atoms with Crippen molar-refractivity contribution < 1.29 is 4.74 Å². The maximum Gasteiger partial charge on any atom is 0.0833 e. The van der Waals surface area contributed by atoms with Crippen LogP contribution in [0.2, 0.25) is 0 Å². The molecule has 1 saturated heterocycles. The van der Waals surface area contributed by atoms with E-state index in [-0.39, 0.29) is 5.60 Å². The molecule has 1 aliphatic rings. The monoisotopic (exact) mass is 165 g/mol. The minimum absolute atomic E-state index is 0.000972. The minimum Gasteiger partial charge on any atom is -0.373 e. The molecule has 0 bridgehead atoms. The van der Waals surface area contributed by atoms with Crippen molar-refractivity contribution in [2.45, 2.75) is 31.9 Å². The van der Waals surface area contributed by atoms with E-state index in [9.17, 15) is 0 Å². The molecule has 2 rings (SSSR count). The van der Waals surface area contributed by atoms with Crippen LogP contribution in [0.25, 0.3) is 0 Å². The number of hydrogen-bond acceptors (Lipinski definition) is 1. The smallest absolute Gasteiger partial charge is 0.0833 e. The first-order valence-corrected chi connectivity index (χ1v) is 4.46. The van der Waals surface area contributed by atoms with Crippen molar-refractivity contribution in [3.63, 3.8) is 0 Å². The fourth-order valence-corrected chi connectivity index (χ4v) is 1.94. The second-order valence-electron chi connectivity index (χ2n) is 3.89. The van der Waals surface area contributed by atoms with Gasteiger partial charge in [-0.25, -0.2) is 0 Å². The molecule has 0 aromatic carbocycles. The third-order valence-electron chi connectivity index (χ3n) is 2.66. The largest absolute Gasteiger partial charge is 0.373 e. The molecule has 66 valence electrons. The highest BCUT2D eigenvalue weighted by Gasteiger charge is 2.36. The first kappa shape index (κ1) is 7.87. The van der Waals surface area contributed by atoms with Crippen LogP contribution in [0.1, 0.15) is 26.3 Å². The summed E-state index contributed by atoms with van der Waals surface area (Å²) in [4.78, 5) is 0. The zero-order valence-electron chi connectivity index (χ0n) is 7.66. The molecule has 0 aliphatic carbocycles. The van der Waals surface area contributed by atoms with Gasteiger partial charge < -0.3 is 9.30 Å². The summed E-state index contributed by atoms with van der Waals surface area (Å²) in [6.07, 6.45) is 5.35. The van der Waals surface area contributed by atoms with Crippen molar-refractivity contribution in [1.82, 2.24) is 4.57 Å². The zero-order chi connectivity index (χ0) is 8.60. The molecular weight excluding hydrogens is 150 g/mol. The second-order valence-corrected chi connectivity index (χ2v) is 3.89. The summed E-state index contributed by atoms with van der Waals surface area (Å²) < 4.78 is 7.90. The molecule has 2 heteroatoms. The molecule has 1 fully saturated rings. The standard InChI is InChI=1S/C10H15NO/c1-10(2)9(5-8-12-10)11-6-3-4-7-11/h3-4,6-7,9H,5,8H2,1-2H3. The Balaban J connectivity index is 2.25. The van der Waals surface area contributed by atoms with Gasteiger partial charge in [0, 0.05) is 19.0 Å². The summed E-state index contributed by atoms with van der Waals surface area (Å²) in [5, 5.41) is 0. The third kappa shape index (κ3) is 1.16. The topological polar surface area (TPSA) is 14.2 Å². The van der Waals surface area contributed by atoms with E-state index in [1.807, 2.05) is 0 Å². The van der Waals surface area contributed by atoms with Gasteiger partial charge in [-0.1, -0.05) is 0 Å². The predicted octanol–water partition coefficient (Wildman–Crippen LogP) is 2.23. The average Bonchev–Trinajstić information content (AvgIpc) is 2.55. The van der Waals surface area contributed by atoms with Crippen LogP contribution >= 0.6 is 0 Å². The SMILES string of the molecule is CC1(C)OCCC1n1cccc1. The molecule has 0 spiro atoms. The van der Waals surface area contributed by atoms with Crippen LogP contribution < -0.4 is 0 Å². The van der Waals surface area contributed by atoms with Gasteiger partial charge in [-0.15, -0.1) is 0 Å². The highest BCUT2D eigenvalue weighted by molar-refractivity contribution is 4.99. The van der Waals surface area contributed by atoms with E-state index >= 15 is 0 Å². The van der Waals surface area contributed by atoms with Crippen molar-refractivity contribution in [2.24, 2.45) is 0 Å². The molecule has 2 nitrogen and oxygen atoms in total. The molecule has 1 atom stereocenters. The van der Waals surface area contributed by atoms with Crippen molar-refractivity contribution in [2.75, 3.05) is 6.61 Å². The zero-order valence-corrected chi connectivity index (χ0v) is 7.66. The molecular formula is C10H15NO. The van der Waals surface area contributed by atoms with Gasteiger partial charge in [0.15, 0.2) is 0 Å². The number of hydrogen-bond donors (Lipinski definition) is 0. The Bertz CT molecular complexity index is 251. The van der Waals surface area contributed by atoms with Crippen LogP contribution in [0, 0.1) is 0 Å². The van der Waals surface area contributed by atoms with E-state index in [1.165, 1.54) is 0 Å². The van der Waals surface area contributed by atoms with Gasteiger partial charge in [0.1, 0.15) is 0 Å². The number of rotatable bonds is 1. The van der Waals surface area contributed by atoms with Crippen LogP contribution in [0.5, 0.6) is 0 Å². The molecule has 1 unspecified atom stereocenters. The Kier molecular flexibility index (Phi) is 1.72. The summed E-state index contributed by atoms with van der Waals surface area (Å²) >= 11 is 0. The van der Waals surface area contributed by atoms with Gasteiger partial charge in [-0.05, 0) is 32.4 Å². The normalized spacial score (nSPS) is 27.7. The van der Waals surface area contributed by atoms with Gasteiger partial charge >= 0.3 is 0 Å². The summed E-state index contributed by atoms with van der Waals surface area (Å²) in [7, 11) is 0. The predicted molar refractivity (Wildman–Crippen MR) is 48.1 cm³/mol. The molecule has 12 heavy (non-hydrogen) atoms. The average molecular weight is 165 g/mol. The van der Waals surface area contributed by atoms with E-state index in [4.69, 9.17) is 4.74 Å². The van der Waals surface area contributed by atoms with Crippen LogP contribution in [-0.4, -0.2) is 16.8 Å². The molecule has 0 radical (unpaired) electrons. The molecule has 0 saturated carbocycles. The summed E-state index contributed by atoms with van der Waals surface area (Å²) in [5.74, 6) is 0. The fraction of sp³-hybridized carbons (Fsp3) is 0.600. The number of ether oxygens (including phenoxy) is 1. The van der Waals surface area contributed by atoms with Crippen molar-refractivity contribution in [3.05, 3.63) is 24.5 Å². The van der Waals surface area contributed by atoms with Crippen LogP contribution in [0.3, 0.4) is 0 Å². The molecule has 1 aromatic rings. The number of aromatic nitrogens is 1. The summed E-state index contributed by atoms with van der Waals surface area (Å²) in [5.41, 5.74) is -0.000972. The van der Waals surface area contributed by atoms with E-state index < -0.39 is 0 Å². The van der Waals surface area contributed by atoms with Gasteiger partial charge in [0.2, 0.25) is 0 Å². The van der Waals surface area contributed by atoms with Gasteiger partial charge in [0.05, 0.1) is 11.6 Å². The number of nitrogens with zero attached hydrogens (tertiary/aromatic N) is 1. The molecule has 0 N–H and O–H groups in total. The lowest BCUT2D eigenvalue weighted by molar-refractivity contribution is 0.0144. The van der Waals surface area contributed by atoms with E-state index in [0.717, 1.165) is 13.0 Å². The van der Waals surface area contributed by atoms with E-state index in [2.05, 4.69) is 42.9 Å². The quantitative estimate of drug-likeness (QED) is 0.622. The third-order valence-corrected chi connectivity index (χ3v) is 2.66. The first-order valence-electron chi connectivity index (χ1n) is 4.46. The van der Waals surface area contributed by atoms with Gasteiger partial charge in [-0.2, -0.15) is 0 Å². The Hall–Kier alpha value is -0.760. The highest BCUT2D eigenvalue weighted by atomic mass is 16.5. The van der Waals surface area contributed by atoms with Crippen molar-refractivity contribution in [1.29, 1.82) is 0 Å². The van der Waals surface area contributed by atoms with E-state index in [0.29, 0.717) is 6.04 Å². The second kappa shape index (κ2) is 2.63. The highest BCUT2D eigenvalue weighted by Crippen LogP contribution is 2.35. The van der Waals surface area contributed by atoms with Gasteiger partial charge in [-0.3, -0.25) is 0 Å². The minimum atomic E-state index is -0.000972. The molecule has 0 amide bonds. The first-order chi connectivity index (χ1) is 5.70. The Morgan fingerprint density at radius 2 is 2.00 bits per heavy atom. The molecule has 1 aliphatic heterocycles. The van der Waals surface area contributed by atoms with Crippen molar-refractivity contribution >= 4 is 0 Å². The lowest BCUT2D eigenvalue weighted by atomic mass is 9.99. The van der Waals surface area contributed by atoms with Gasteiger partial charge in [0.25, 0.3) is 0 Å². The summed E-state index contributed by atoms with van der Waals surface area (Å²) in [6, 6.07) is 4.63. The van der Waals surface area contributed by atoms with Crippen LogP contribution in [0.4, 0.5) is 0 Å². The van der Waals surface area contributed by atoms with Crippen LogP contribution in [0.15, 0.2) is 24.5 Å². The molecule has 2 heterocycles. The Labute approximate surface area is 73.1 Å². The maximum absolute atomic E-state index is 5.66. The fourth-order valence-electron chi connectivity index (χ4n) is 1.94. The maximum atomic E-state index is 5.66. The Morgan fingerprint density at radius 3 is 2.50 bits per heavy atom. The Morgan fingerprint density at radius 1 is 1.33 bits per heavy atom. The lowest BCUT2D eigenvalue weighted by Gasteiger charge is -2.26. The van der Waals surface area contributed by atoms with E-state index in [1.54, 1.807) is 0 Å². The van der Waals surface area contributed by atoms with Crippen molar-refractivity contribution in [3.8, 4) is 0 Å².